The molecule has 0 aromatic heterocycles. The summed E-state index contributed by atoms with van der Waals surface area (Å²) in [6.45, 7) is 3.26. The SMILES string of the molecule is CC(=O)Nc1ccc(/C=C/C(=O)NC(C)c2ccc(S(C)(=O)=O)cc2)cc1. The molecule has 2 amide bonds. The Labute approximate surface area is 159 Å². The van der Waals surface area contributed by atoms with Gasteiger partial charge in [-0.3, -0.25) is 9.59 Å². The molecule has 142 valence electrons. The number of hydrogen-bond donors (Lipinski definition) is 2. The van der Waals surface area contributed by atoms with Crippen LogP contribution in [0.3, 0.4) is 0 Å². The average molecular weight is 386 g/mol. The van der Waals surface area contributed by atoms with Crippen molar-refractivity contribution in [3.05, 3.63) is 65.7 Å². The van der Waals surface area contributed by atoms with Crippen molar-refractivity contribution in [3.8, 4) is 0 Å². The molecule has 0 aliphatic heterocycles. The summed E-state index contributed by atoms with van der Waals surface area (Å²) >= 11 is 0. The van der Waals surface area contributed by atoms with Gasteiger partial charge in [0, 0.05) is 24.9 Å². The van der Waals surface area contributed by atoms with E-state index in [1.165, 1.54) is 25.1 Å². The number of carbonyl (C=O) groups excluding carboxylic acids is 2. The van der Waals surface area contributed by atoms with Crippen LogP contribution in [0.5, 0.6) is 0 Å². The van der Waals surface area contributed by atoms with Gasteiger partial charge in [-0.15, -0.1) is 0 Å². The lowest BCUT2D eigenvalue weighted by Gasteiger charge is -2.13. The lowest BCUT2D eigenvalue weighted by atomic mass is 10.1. The molecular weight excluding hydrogens is 364 g/mol. The van der Waals surface area contributed by atoms with Crippen LogP contribution in [-0.2, 0) is 19.4 Å². The highest BCUT2D eigenvalue weighted by molar-refractivity contribution is 7.90. The van der Waals surface area contributed by atoms with Gasteiger partial charge in [0.15, 0.2) is 9.84 Å². The van der Waals surface area contributed by atoms with Crippen molar-refractivity contribution in [3.63, 3.8) is 0 Å². The molecule has 0 heterocycles. The van der Waals surface area contributed by atoms with Crippen LogP contribution >= 0.6 is 0 Å². The van der Waals surface area contributed by atoms with E-state index in [0.29, 0.717) is 5.69 Å². The molecule has 1 unspecified atom stereocenters. The Morgan fingerprint density at radius 2 is 1.59 bits per heavy atom. The Morgan fingerprint density at radius 1 is 1.00 bits per heavy atom. The van der Waals surface area contributed by atoms with E-state index in [2.05, 4.69) is 10.6 Å². The molecule has 2 rings (SSSR count). The molecule has 0 saturated carbocycles. The molecule has 2 aromatic carbocycles. The number of benzene rings is 2. The van der Waals surface area contributed by atoms with Crippen molar-refractivity contribution in [2.75, 3.05) is 11.6 Å². The molecule has 2 N–H and O–H groups in total. The quantitative estimate of drug-likeness (QED) is 0.747. The van der Waals surface area contributed by atoms with Gasteiger partial charge in [0.05, 0.1) is 10.9 Å². The Bertz CT molecular complexity index is 946. The largest absolute Gasteiger partial charge is 0.346 e. The second kappa shape index (κ2) is 8.64. The van der Waals surface area contributed by atoms with Gasteiger partial charge in [0.2, 0.25) is 11.8 Å². The maximum atomic E-state index is 12.1. The molecule has 0 aliphatic carbocycles. The Kier molecular flexibility index (Phi) is 6.52. The fraction of sp³-hybridized carbons (Fsp3) is 0.200. The van der Waals surface area contributed by atoms with Crippen molar-refractivity contribution in [1.29, 1.82) is 0 Å². The predicted molar refractivity (Wildman–Crippen MR) is 106 cm³/mol. The van der Waals surface area contributed by atoms with Crippen molar-refractivity contribution in [1.82, 2.24) is 5.32 Å². The maximum Gasteiger partial charge on any atom is 0.244 e. The predicted octanol–water partition coefficient (Wildman–Crippen LogP) is 2.94. The van der Waals surface area contributed by atoms with E-state index < -0.39 is 9.84 Å². The Morgan fingerprint density at radius 3 is 2.11 bits per heavy atom. The van der Waals surface area contributed by atoms with Gasteiger partial charge >= 0.3 is 0 Å². The highest BCUT2D eigenvalue weighted by Gasteiger charge is 2.10. The summed E-state index contributed by atoms with van der Waals surface area (Å²) in [6.07, 6.45) is 4.25. The van der Waals surface area contributed by atoms with E-state index in [4.69, 9.17) is 0 Å². The summed E-state index contributed by atoms with van der Waals surface area (Å²) in [5.41, 5.74) is 2.32. The van der Waals surface area contributed by atoms with Crippen molar-refractivity contribution in [2.45, 2.75) is 24.8 Å². The Hall–Kier alpha value is -2.93. The topological polar surface area (TPSA) is 92.3 Å². The molecule has 0 spiro atoms. The van der Waals surface area contributed by atoms with E-state index in [1.807, 2.05) is 6.92 Å². The van der Waals surface area contributed by atoms with E-state index in [1.54, 1.807) is 42.5 Å². The summed E-state index contributed by atoms with van der Waals surface area (Å²) in [6, 6.07) is 13.3. The standard InChI is InChI=1S/C20H22N2O4S/c1-14(17-7-11-19(12-8-17)27(3,25)26)21-20(24)13-6-16-4-9-18(10-5-16)22-15(2)23/h4-14H,1-3H3,(H,21,24)(H,22,23)/b13-6+. The first kappa shape index (κ1) is 20.4. The van der Waals surface area contributed by atoms with E-state index in [0.717, 1.165) is 17.4 Å². The van der Waals surface area contributed by atoms with Gasteiger partial charge in [0.25, 0.3) is 0 Å². The molecule has 0 bridgehead atoms. The minimum Gasteiger partial charge on any atom is -0.346 e. The van der Waals surface area contributed by atoms with Gasteiger partial charge in [-0.25, -0.2) is 8.42 Å². The first-order valence-electron chi connectivity index (χ1n) is 8.31. The summed E-state index contributed by atoms with van der Waals surface area (Å²) in [5, 5.41) is 5.50. The van der Waals surface area contributed by atoms with Gasteiger partial charge < -0.3 is 10.6 Å². The molecule has 0 saturated heterocycles. The number of carbonyl (C=O) groups is 2. The zero-order valence-electron chi connectivity index (χ0n) is 15.4. The summed E-state index contributed by atoms with van der Waals surface area (Å²) in [5.74, 6) is -0.406. The van der Waals surface area contributed by atoms with E-state index in [-0.39, 0.29) is 22.8 Å². The first-order valence-corrected chi connectivity index (χ1v) is 10.2. The van der Waals surface area contributed by atoms with Crippen LogP contribution in [0.2, 0.25) is 0 Å². The van der Waals surface area contributed by atoms with Crippen LogP contribution in [0.4, 0.5) is 5.69 Å². The van der Waals surface area contributed by atoms with Crippen molar-refractivity contribution < 1.29 is 18.0 Å². The zero-order chi connectivity index (χ0) is 20.0. The van der Waals surface area contributed by atoms with Crippen LogP contribution in [0.15, 0.2) is 59.5 Å². The highest BCUT2D eigenvalue weighted by atomic mass is 32.2. The average Bonchev–Trinajstić information content (AvgIpc) is 2.60. The van der Waals surface area contributed by atoms with Gasteiger partial charge in [-0.1, -0.05) is 24.3 Å². The number of anilines is 1. The molecule has 1 atom stereocenters. The van der Waals surface area contributed by atoms with Gasteiger partial charge in [0.1, 0.15) is 0 Å². The third-order valence-corrected chi connectivity index (χ3v) is 4.95. The van der Waals surface area contributed by atoms with Crippen molar-refractivity contribution >= 4 is 33.4 Å². The van der Waals surface area contributed by atoms with Crippen molar-refractivity contribution in [2.24, 2.45) is 0 Å². The molecule has 0 radical (unpaired) electrons. The second-order valence-corrected chi connectivity index (χ2v) is 8.22. The minimum atomic E-state index is -3.24. The molecule has 2 aromatic rings. The molecule has 6 nitrogen and oxygen atoms in total. The fourth-order valence-corrected chi connectivity index (χ4v) is 3.03. The normalized spacial score (nSPS) is 12.6. The lowest BCUT2D eigenvalue weighted by Crippen LogP contribution is -2.24. The van der Waals surface area contributed by atoms with Crippen LogP contribution in [-0.4, -0.2) is 26.5 Å². The zero-order valence-corrected chi connectivity index (χ0v) is 16.2. The monoisotopic (exact) mass is 386 g/mol. The fourth-order valence-electron chi connectivity index (χ4n) is 2.40. The maximum absolute atomic E-state index is 12.1. The van der Waals surface area contributed by atoms with E-state index >= 15 is 0 Å². The molecule has 0 aliphatic rings. The lowest BCUT2D eigenvalue weighted by molar-refractivity contribution is -0.117. The summed E-state index contributed by atoms with van der Waals surface area (Å²) < 4.78 is 23.0. The highest BCUT2D eigenvalue weighted by Crippen LogP contribution is 2.16. The number of nitrogens with one attached hydrogen (secondary N) is 2. The minimum absolute atomic E-state index is 0.142. The third-order valence-electron chi connectivity index (χ3n) is 3.83. The number of hydrogen-bond acceptors (Lipinski definition) is 4. The van der Waals surface area contributed by atoms with Gasteiger partial charge in [-0.05, 0) is 48.4 Å². The van der Waals surface area contributed by atoms with Crippen LogP contribution < -0.4 is 10.6 Å². The molecule has 7 heteroatoms. The smallest absolute Gasteiger partial charge is 0.244 e. The second-order valence-electron chi connectivity index (χ2n) is 6.21. The van der Waals surface area contributed by atoms with Gasteiger partial charge in [-0.2, -0.15) is 0 Å². The molecular formula is C20H22N2O4S. The Balaban J connectivity index is 1.96. The first-order chi connectivity index (χ1) is 12.6. The summed E-state index contributed by atoms with van der Waals surface area (Å²) in [7, 11) is -3.24. The van der Waals surface area contributed by atoms with Crippen LogP contribution in [0, 0.1) is 0 Å². The molecule has 27 heavy (non-hydrogen) atoms. The number of sulfone groups is 1. The number of amides is 2. The third kappa shape index (κ3) is 6.38. The summed E-state index contributed by atoms with van der Waals surface area (Å²) in [4.78, 5) is 23.3. The van der Waals surface area contributed by atoms with E-state index in [9.17, 15) is 18.0 Å². The molecule has 0 fully saturated rings. The van der Waals surface area contributed by atoms with Crippen LogP contribution in [0.1, 0.15) is 31.0 Å². The van der Waals surface area contributed by atoms with Crippen LogP contribution in [0.25, 0.3) is 6.08 Å². The number of rotatable bonds is 6.